The highest BCUT2D eigenvalue weighted by atomic mass is 19.1. The number of likely N-dealkylation sites (tertiary alicyclic amines) is 1. The third kappa shape index (κ3) is 3.07. The number of anilines is 1. The molecule has 1 heterocycles. The zero-order chi connectivity index (χ0) is 14.7. The molecule has 0 bridgehead atoms. The van der Waals surface area contributed by atoms with E-state index in [0.29, 0.717) is 0 Å². The molecule has 0 spiro atoms. The lowest BCUT2D eigenvalue weighted by molar-refractivity contribution is -0.130. The summed E-state index contributed by atoms with van der Waals surface area (Å²) in [5.74, 6) is -1.07. The van der Waals surface area contributed by atoms with E-state index >= 15 is 0 Å². The third-order valence-corrected chi connectivity index (χ3v) is 3.42. The van der Waals surface area contributed by atoms with Crippen LogP contribution in [-0.2, 0) is 4.79 Å². The van der Waals surface area contributed by atoms with Gasteiger partial charge in [-0.15, -0.1) is 0 Å². The molecule has 2 N–H and O–H groups in total. The molecule has 2 rings (SSSR count). The van der Waals surface area contributed by atoms with Gasteiger partial charge in [0.05, 0.1) is 12.1 Å². The van der Waals surface area contributed by atoms with Crippen LogP contribution in [0.2, 0.25) is 0 Å². The minimum Gasteiger partial charge on any atom is -0.398 e. The first-order chi connectivity index (χ1) is 9.49. The van der Waals surface area contributed by atoms with E-state index in [9.17, 15) is 14.0 Å². The topological polar surface area (TPSA) is 66.6 Å². The van der Waals surface area contributed by atoms with E-state index in [0.717, 1.165) is 32.0 Å². The Morgan fingerprint density at radius 3 is 2.65 bits per heavy atom. The summed E-state index contributed by atoms with van der Waals surface area (Å²) in [5.41, 5.74) is 5.96. The highest BCUT2D eigenvalue weighted by Gasteiger charge is 2.22. The summed E-state index contributed by atoms with van der Waals surface area (Å²) >= 11 is 0. The van der Waals surface area contributed by atoms with Crippen molar-refractivity contribution in [2.45, 2.75) is 12.8 Å². The fraction of sp³-hybridized carbons (Fsp3) is 0.429. The van der Waals surface area contributed by atoms with Crippen LogP contribution < -0.4 is 5.73 Å². The predicted molar refractivity (Wildman–Crippen MR) is 73.6 cm³/mol. The number of carbonyl (C=O) groups is 2. The van der Waals surface area contributed by atoms with Gasteiger partial charge in [0.15, 0.2) is 0 Å². The molecule has 1 saturated heterocycles. The van der Waals surface area contributed by atoms with E-state index in [-0.39, 0.29) is 23.7 Å². The molecule has 1 aromatic rings. The summed E-state index contributed by atoms with van der Waals surface area (Å²) in [6, 6.07) is 3.63. The molecule has 0 atom stereocenters. The number of benzene rings is 1. The SMILES string of the molecule is CN(CC(=O)N1CCCC1)C(=O)c1cc(F)ccc1N. The van der Waals surface area contributed by atoms with Crippen LogP contribution in [0.3, 0.4) is 0 Å². The molecule has 1 fully saturated rings. The molecule has 6 heteroatoms. The molecule has 0 unspecified atom stereocenters. The van der Waals surface area contributed by atoms with Crippen molar-refractivity contribution in [1.82, 2.24) is 9.80 Å². The molecule has 108 valence electrons. The van der Waals surface area contributed by atoms with E-state index in [4.69, 9.17) is 5.73 Å². The number of nitrogens with two attached hydrogens (primary N) is 1. The van der Waals surface area contributed by atoms with Crippen molar-refractivity contribution >= 4 is 17.5 Å². The first kappa shape index (κ1) is 14.3. The molecule has 1 aliphatic heterocycles. The van der Waals surface area contributed by atoms with Crippen LogP contribution >= 0.6 is 0 Å². The third-order valence-electron chi connectivity index (χ3n) is 3.42. The Labute approximate surface area is 117 Å². The highest BCUT2D eigenvalue weighted by molar-refractivity contribution is 6.00. The molecule has 1 aliphatic rings. The second-order valence-electron chi connectivity index (χ2n) is 4.98. The summed E-state index contributed by atoms with van der Waals surface area (Å²) < 4.78 is 13.2. The fourth-order valence-corrected chi connectivity index (χ4v) is 2.26. The number of nitrogen functional groups attached to an aromatic ring is 1. The molecule has 0 aliphatic carbocycles. The molecule has 0 aromatic heterocycles. The Kier molecular flexibility index (Phi) is 4.22. The number of amides is 2. The summed E-state index contributed by atoms with van der Waals surface area (Å²) in [7, 11) is 1.51. The normalized spacial score (nSPS) is 14.4. The van der Waals surface area contributed by atoms with Gasteiger partial charge in [-0.25, -0.2) is 4.39 Å². The Morgan fingerprint density at radius 1 is 1.35 bits per heavy atom. The largest absolute Gasteiger partial charge is 0.398 e. The van der Waals surface area contributed by atoms with Crippen molar-refractivity contribution in [2.75, 3.05) is 32.4 Å². The standard InChI is InChI=1S/C14H18FN3O2/c1-17(9-13(19)18-6-2-3-7-18)14(20)11-8-10(15)4-5-12(11)16/h4-5,8H,2-3,6-7,9,16H2,1H3. The van der Waals surface area contributed by atoms with Crippen LogP contribution in [0.4, 0.5) is 10.1 Å². The number of hydrogen-bond donors (Lipinski definition) is 1. The lowest BCUT2D eigenvalue weighted by Gasteiger charge is -2.21. The van der Waals surface area contributed by atoms with Crippen molar-refractivity contribution in [3.8, 4) is 0 Å². The van der Waals surface area contributed by atoms with Gasteiger partial charge in [-0.3, -0.25) is 9.59 Å². The van der Waals surface area contributed by atoms with Crippen LogP contribution in [0.15, 0.2) is 18.2 Å². The van der Waals surface area contributed by atoms with Gasteiger partial charge in [0.1, 0.15) is 5.82 Å². The fourth-order valence-electron chi connectivity index (χ4n) is 2.26. The zero-order valence-corrected chi connectivity index (χ0v) is 11.4. The lowest BCUT2D eigenvalue weighted by Crippen LogP contribution is -2.40. The Hall–Kier alpha value is -2.11. The Balaban J connectivity index is 2.04. The van der Waals surface area contributed by atoms with Gasteiger partial charge in [0, 0.05) is 25.8 Å². The quantitative estimate of drug-likeness (QED) is 0.843. The monoisotopic (exact) mass is 279 g/mol. The summed E-state index contributed by atoms with van der Waals surface area (Å²) in [6.07, 6.45) is 2.00. The zero-order valence-electron chi connectivity index (χ0n) is 11.4. The average molecular weight is 279 g/mol. The molecular weight excluding hydrogens is 261 g/mol. The highest BCUT2D eigenvalue weighted by Crippen LogP contribution is 2.16. The first-order valence-electron chi connectivity index (χ1n) is 6.57. The van der Waals surface area contributed by atoms with Crippen molar-refractivity contribution in [2.24, 2.45) is 0 Å². The molecule has 0 radical (unpaired) electrons. The van der Waals surface area contributed by atoms with E-state index in [1.54, 1.807) is 4.90 Å². The number of hydrogen-bond acceptors (Lipinski definition) is 3. The van der Waals surface area contributed by atoms with E-state index in [1.165, 1.54) is 24.1 Å². The van der Waals surface area contributed by atoms with Crippen LogP contribution in [-0.4, -0.2) is 48.3 Å². The van der Waals surface area contributed by atoms with Gasteiger partial charge in [0.2, 0.25) is 5.91 Å². The minimum atomic E-state index is -0.526. The van der Waals surface area contributed by atoms with E-state index in [1.807, 2.05) is 0 Å². The maximum atomic E-state index is 13.2. The smallest absolute Gasteiger partial charge is 0.256 e. The molecule has 2 amide bonds. The van der Waals surface area contributed by atoms with Crippen molar-refractivity contribution in [1.29, 1.82) is 0 Å². The van der Waals surface area contributed by atoms with Crippen molar-refractivity contribution in [3.63, 3.8) is 0 Å². The number of halogens is 1. The van der Waals surface area contributed by atoms with Crippen molar-refractivity contribution in [3.05, 3.63) is 29.6 Å². The molecule has 1 aromatic carbocycles. The Bertz CT molecular complexity index is 527. The molecular formula is C14H18FN3O2. The maximum absolute atomic E-state index is 13.2. The number of rotatable bonds is 3. The second-order valence-corrected chi connectivity index (χ2v) is 4.98. The predicted octanol–water partition coefficient (Wildman–Crippen LogP) is 1.10. The van der Waals surface area contributed by atoms with Crippen LogP contribution in [0, 0.1) is 5.82 Å². The number of nitrogens with zero attached hydrogens (tertiary/aromatic N) is 2. The number of likely N-dealkylation sites (N-methyl/N-ethyl adjacent to an activating group) is 1. The van der Waals surface area contributed by atoms with Crippen LogP contribution in [0.1, 0.15) is 23.2 Å². The summed E-state index contributed by atoms with van der Waals surface area (Å²) in [6.45, 7) is 1.46. The van der Waals surface area contributed by atoms with Crippen molar-refractivity contribution < 1.29 is 14.0 Å². The molecule has 5 nitrogen and oxygen atoms in total. The number of carbonyl (C=O) groups excluding carboxylic acids is 2. The molecule has 0 saturated carbocycles. The van der Waals surface area contributed by atoms with E-state index in [2.05, 4.69) is 0 Å². The van der Waals surface area contributed by atoms with Gasteiger partial charge < -0.3 is 15.5 Å². The van der Waals surface area contributed by atoms with Gasteiger partial charge in [-0.1, -0.05) is 0 Å². The van der Waals surface area contributed by atoms with Crippen LogP contribution in [0.5, 0.6) is 0 Å². The summed E-state index contributed by atoms with van der Waals surface area (Å²) in [4.78, 5) is 27.2. The van der Waals surface area contributed by atoms with Crippen LogP contribution in [0.25, 0.3) is 0 Å². The van der Waals surface area contributed by atoms with Gasteiger partial charge in [-0.05, 0) is 31.0 Å². The summed E-state index contributed by atoms with van der Waals surface area (Å²) in [5, 5.41) is 0. The Morgan fingerprint density at radius 2 is 2.00 bits per heavy atom. The minimum absolute atomic E-state index is 0.0191. The van der Waals surface area contributed by atoms with Gasteiger partial charge in [0.25, 0.3) is 5.91 Å². The lowest BCUT2D eigenvalue weighted by atomic mass is 10.1. The average Bonchev–Trinajstić information content (AvgIpc) is 2.94. The first-order valence-corrected chi connectivity index (χ1v) is 6.57. The van der Waals surface area contributed by atoms with Gasteiger partial charge >= 0.3 is 0 Å². The molecule has 20 heavy (non-hydrogen) atoms. The van der Waals surface area contributed by atoms with E-state index < -0.39 is 11.7 Å². The maximum Gasteiger partial charge on any atom is 0.256 e. The second kappa shape index (κ2) is 5.90. The van der Waals surface area contributed by atoms with Gasteiger partial charge in [-0.2, -0.15) is 0 Å².